The van der Waals surface area contributed by atoms with Crippen LogP contribution in [-0.4, -0.2) is 28.8 Å². The number of benzene rings is 2. The van der Waals surface area contributed by atoms with Crippen LogP contribution in [0.15, 0.2) is 52.9 Å². The van der Waals surface area contributed by atoms with E-state index in [0.29, 0.717) is 26.5 Å². The molecular weight excluding hydrogens is 361 g/mol. The summed E-state index contributed by atoms with van der Waals surface area (Å²) in [6, 6.07) is 13.2. The van der Waals surface area contributed by atoms with Crippen molar-refractivity contribution in [2.75, 3.05) is 18.2 Å². The quantitative estimate of drug-likeness (QED) is 0.488. The Balaban J connectivity index is 1.61. The van der Waals surface area contributed by atoms with Crippen LogP contribution < -0.4 is 10.1 Å². The molecule has 0 fully saturated rings. The summed E-state index contributed by atoms with van der Waals surface area (Å²) < 4.78 is 19.0. The summed E-state index contributed by atoms with van der Waals surface area (Å²) in [5.41, 5.74) is 1.14. The molecular formula is C17H14FN3O2S2. The van der Waals surface area contributed by atoms with Crippen LogP contribution in [0.4, 0.5) is 15.2 Å². The van der Waals surface area contributed by atoms with Gasteiger partial charge < -0.3 is 10.1 Å². The molecule has 2 aromatic carbocycles. The molecule has 5 nitrogen and oxygen atoms in total. The molecule has 8 heteroatoms. The van der Waals surface area contributed by atoms with Gasteiger partial charge in [-0.1, -0.05) is 41.3 Å². The van der Waals surface area contributed by atoms with Crippen LogP contribution in [0.1, 0.15) is 10.4 Å². The lowest BCUT2D eigenvalue weighted by atomic mass is 10.1. The molecule has 0 aliphatic carbocycles. The number of halogens is 1. The monoisotopic (exact) mass is 375 g/mol. The fraction of sp³-hybridized carbons (Fsp3) is 0.118. The average molecular weight is 375 g/mol. The zero-order valence-corrected chi connectivity index (χ0v) is 14.9. The summed E-state index contributed by atoms with van der Waals surface area (Å²) in [6.07, 6.45) is 0. The van der Waals surface area contributed by atoms with Gasteiger partial charge in [0, 0.05) is 5.69 Å². The van der Waals surface area contributed by atoms with Crippen molar-refractivity contribution in [3.63, 3.8) is 0 Å². The summed E-state index contributed by atoms with van der Waals surface area (Å²) >= 11 is 2.61. The van der Waals surface area contributed by atoms with E-state index in [1.54, 1.807) is 30.3 Å². The van der Waals surface area contributed by atoms with Gasteiger partial charge in [0.05, 0.1) is 18.4 Å². The van der Waals surface area contributed by atoms with Crippen LogP contribution in [0.5, 0.6) is 5.75 Å². The highest BCUT2D eigenvalue weighted by Crippen LogP contribution is 2.29. The van der Waals surface area contributed by atoms with Crippen LogP contribution in [-0.2, 0) is 0 Å². The van der Waals surface area contributed by atoms with E-state index in [9.17, 15) is 9.18 Å². The Morgan fingerprint density at radius 3 is 2.88 bits per heavy atom. The van der Waals surface area contributed by atoms with Gasteiger partial charge in [-0.25, -0.2) is 4.39 Å². The van der Waals surface area contributed by atoms with Crippen LogP contribution in [0.3, 0.4) is 0 Å². The first kappa shape index (κ1) is 17.4. The highest BCUT2D eigenvalue weighted by molar-refractivity contribution is 8.01. The number of Topliss-reactive ketones (excluding diaryl/α,β-unsaturated/α-hetero) is 1. The van der Waals surface area contributed by atoms with Crippen molar-refractivity contribution in [2.45, 2.75) is 4.34 Å². The molecule has 25 heavy (non-hydrogen) atoms. The zero-order valence-electron chi connectivity index (χ0n) is 13.2. The Kier molecular flexibility index (Phi) is 5.62. The Morgan fingerprint density at radius 2 is 2.08 bits per heavy atom. The van der Waals surface area contributed by atoms with Crippen LogP contribution >= 0.6 is 23.1 Å². The Bertz CT molecular complexity index is 886. The predicted molar refractivity (Wildman–Crippen MR) is 97.6 cm³/mol. The van der Waals surface area contributed by atoms with Crippen LogP contribution in [0.25, 0.3) is 0 Å². The Hall–Kier alpha value is -2.45. The highest BCUT2D eigenvalue weighted by Gasteiger charge is 2.14. The maximum atomic E-state index is 13.2. The molecule has 0 aliphatic heterocycles. The average Bonchev–Trinajstić information content (AvgIpc) is 3.07. The van der Waals surface area contributed by atoms with E-state index in [-0.39, 0.29) is 17.4 Å². The molecule has 0 unspecified atom stereocenters. The molecule has 0 aliphatic rings. The lowest BCUT2D eigenvalue weighted by molar-refractivity contribution is 0.101. The van der Waals surface area contributed by atoms with Crippen molar-refractivity contribution in [2.24, 2.45) is 0 Å². The molecule has 1 N–H and O–H groups in total. The number of ether oxygens (including phenoxy) is 1. The number of hydrogen-bond donors (Lipinski definition) is 1. The zero-order chi connectivity index (χ0) is 17.6. The number of aromatic nitrogens is 2. The summed E-state index contributed by atoms with van der Waals surface area (Å²) in [6.45, 7) is 0. The van der Waals surface area contributed by atoms with Gasteiger partial charge in [-0.15, -0.1) is 10.2 Å². The van der Waals surface area contributed by atoms with E-state index in [1.165, 1.54) is 42.3 Å². The summed E-state index contributed by atoms with van der Waals surface area (Å²) in [4.78, 5) is 12.3. The third kappa shape index (κ3) is 4.55. The number of rotatable bonds is 7. The molecule has 128 valence electrons. The minimum absolute atomic E-state index is 0.0442. The molecule has 1 aromatic heterocycles. The normalized spacial score (nSPS) is 10.5. The van der Waals surface area contributed by atoms with Crippen LogP contribution in [0, 0.1) is 5.82 Å². The molecule has 0 radical (unpaired) electrons. The number of thioether (sulfide) groups is 1. The van der Waals surface area contributed by atoms with Gasteiger partial charge in [-0.05, 0) is 30.3 Å². The molecule has 3 rings (SSSR count). The minimum atomic E-state index is -0.327. The molecule has 0 bridgehead atoms. The van der Waals surface area contributed by atoms with E-state index in [0.717, 1.165) is 0 Å². The predicted octanol–water partition coefficient (Wildman–Crippen LogP) is 4.40. The van der Waals surface area contributed by atoms with Gasteiger partial charge in [-0.3, -0.25) is 4.79 Å². The topological polar surface area (TPSA) is 64.1 Å². The van der Waals surface area contributed by atoms with Gasteiger partial charge >= 0.3 is 0 Å². The number of ketones is 1. The van der Waals surface area contributed by atoms with Crippen molar-refractivity contribution in [3.05, 3.63) is 59.9 Å². The largest absolute Gasteiger partial charge is 0.496 e. The maximum Gasteiger partial charge on any atom is 0.210 e. The van der Waals surface area contributed by atoms with Crippen molar-refractivity contribution in [1.29, 1.82) is 0 Å². The second-order valence-corrected chi connectivity index (χ2v) is 7.12. The number of methoxy groups -OCH3 is 1. The second-order valence-electron chi connectivity index (χ2n) is 4.92. The van der Waals surface area contributed by atoms with Gasteiger partial charge in [0.15, 0.2) is 10.1 Å². The molecule has 1 heterocycles. The smallest absolute Gasteiger partial charge is 0.210 e. The Labute approximate surface area is 152 Å². The standard InChI is InChI=1S/C17H14FN3O2S2/c1-23-15-8-3-2-7-13(15)14(22)10-24-17-21-20-16(25-17)19-12-6-4-5-11(18)9-12/h2-9H,10H2,1H3,(H,19,20). The summed E-state index contributed by atoms with van der Waals surface area (Å²) in [7, 11) is 1.54. The number of para-hydroxylation sites is 1. The fourth-order valence-electron chi connectivity index (χ4n) is 2.09. The molecule has 0 atom stereocenters. The fourth-order valence-corrected chi connectivity index (χ4v) is 3.74. The second kappa shape index (κ2) is 8.09. The van der Waals surface area contributed by atoms with Crippen molar-refractivity contribution >= 4 is 39.7 Å². The molecule has 0 amide bonds. The molecule has 0 spiro atoms. The number of anilines is 2. The molecule has 3 aromatic rings. The van der Waals surface area contributed by atoms with Crippen molar-refractivity contribution < 1.29 is 13.9 Å². The highest BCUT2D eigenvalue weighted by atomic mass is 32.2. The van der Waals surface area contributed by atoms with Gasteiger partial charge in [0.2, 0.25) is 5.13 Å². The molecule has 0 saturated carbocycles. The van der Waals surface area contributed by atoms with E-state index < -0.39 is 0 Å². The number of carbonyl (C=O) groups excluding carboxylic acids is 1. The third-order valence-electron chi connectivity index (χ3n) is 3.22. The van der Waals surface area contributed by atoms with Crippen molar-refractivity contribution in [1.82, 2.24) is 10.2 Å². The first-order chi connectivity index (χ1) is 12.2. The number of nitrogens with zero attached hydrogens (tertiary/aromatic N) is 2. The van der Waals surface area contributed by atoms with E-state index in [4.69, 9.17) is 4.74 Å². The maximum absolute atomic E-state index is 13.2. The van der Waals surface area contributed by atoms with Gasteiger partial charge in [0.25, 0.3) is 0 Å². The lowest BCUT2D eigenvalue weighted by Crippen LogP contribution is -2.04. The van der Waals surface area contributed by atoms with Crippen molar-refractivity contribution in [3.8, 4) is 5.75 Å². The SMILES string of the molecule is COc1ccccc1C(=O)CSc1nnc(Nc2cccc(F)c2)s1. The van der Waals surface area contributed by atoms with Gasteiger partial charge in [-0.2, -0.15) is 0 Å². The molecule has 0 saturated heterocycles. The minimum Gasteiger partial charge on any atom is -0.496 e. The first-order valence-corrected chi connectivity index (χ1v) is 9.11. The number of nitrogens with one attached hydrogen (secondary N) is 1. The Morgan fingerprint density at radius 1 is 1.24 bits per heavy atom. The first-order valence-electron chi connectivity index (χ1n) is 7.31. The summed E-state index contributed by atoms with van der Waals surface area (Å²) in [5.74, 6) is 0.414. The summed E-state index contributed by atoms with van der Waals surface area (Å²) in [5, 5.41) is 11.6. The third-order valence-corrected chi connectivity index (χ3v) is 5.19. The van der Waals surface area contributed by atoms with Crippen LogP contribution in [0.2, 0.25) is 0 Å². The number of carbonyl (C=O) groups is 1. The van der Waals surface area contributed by atoms with E-state index in [2.05, 4.69) is 15.5 Å². The van der Waals surface area contributed by atoms with Gasteiger partial charge in [0.1, 0.15) is 11.6 Å². The lowest BCUT2D eigenvalue weighted by Gasteiger charge is -2.05. The number of hydrogen-bond acceptors (Lipinski definition) is 7. The van der Waals surface area contributed by atoms with E-state index in [1.807, 2.05) is 6.07 Å². The van der Waals surface area contributed by atoms with E-state index >= 15 is 0 Å².